The third kappa shape index (κ3) is 3.97. The number of rotatable bonds is 5. The molecule has 2 aliphatic rings. The van der Waals surface area contributed by atoms with Gasteiger partial charge in [-0.15, -0.1) is 0 Å². The topological polar surface area (TPSA) is 46.5 Å². The van der Waals surface area contributed by atoms with Gasteiger partial charge in [0, 0.05) is 6.92 Å². The third-order valence-electron chi connectivity index (χ3n) is 7.33. The average Bonchev–Trinajstić information content (AvgIpc) is 2.44. The Labute approximate surface area is 154 Å². The van der Waals surface area contributed by atoms with Crippen LogP contribution >= 0.6 is 0 Å². The molecule has 0 heterocycles. The largest absolute Gasteiger partial charge is 0.460 e. The number of aliphatic hydroxyl groups is 1. The molecule has 2 saturated carbocycles. The zero-order valence-electron chi connectivity index (χ0n) is 17.2. The van der Waals surface area contributed by atoms with Gasteiger partial charge in [-0.2, -0.15) is 0 Å². The number of carbonyl (C=O) groups excluding carboxylic acids is 1. The number of hydrogen-bond donors (Lipinski definition) is 1. The normalized spacial score (nSPS) is 37.1. The van der Waals surface area contributed by atoms with Crippen LogP contribution in [0, 0.1) is 22.7 Å². The van der Waals surface area contributed by atoms with E-state index in [-0.39, 0.29) is 22.9 Å². The van der Waals surface area contributed by atoms with Crippen LogP contribution in [0.5, 0.6) is 0 Å². The molecule has 0 aromatic rings. The van der Waals surface area contributed by atoms with Crippen LogP contribution in [-0.2, 0) is 9.53 Å². The van der Waals surface area contributed by atoms with Crippen molar-refractivity contribution in [2.45, 2.75) is 98.2 Å². The molecule has 0 aromatic heterocycles. The Bertz CT molecular complexity index is 523. The first-order valence-corrected chi connectivity index (χ1v) is 10.0. The van der Waals surface area contributed by atoms with Crippen LogP contribution in [0.3, 0.4) is 0 Å². The van der Waals surface area contributed by atoms with Crippen LogP contribution in [0.1, 0.15) is 86.5 Å². The van der Waals surface area contributed by atoms with Crippen LogP contribution in [0.2, 0.25) is 0 Å². The average molecular weight is 351 g/mol. The molecule has 2 rings (SSSR count). The molecule has 3 heteroatoms. The number of ether oxygens (including phenoxy) is 1. The fourth-order valence-electron chi connectivity index (χ4n) is 6.11. The van der Waals surface area contributed by atoms with E-state index in [4.69, 9.17) is 4.74 Å². The van der Waals surface area contributed by atoms with Crippen LogP contribution in [0.15, 0.2) is 12.2 Å². The minimum atomic E-state index is -0.405. The summed E-state index contributed by atoms with van der Waals surface area (Å²) in [6.45, 7) is 17.0. The second-order valence-corrected chi connectivity index (χ2v) is 9.74. The van der Waals surface area contributed by atoms with Crippen molar-refractivity contribution >= 4 is 5.97 Å². The van der Waals surface area contributed by atoms with Gasteiger partial charge in [0.15, 0.2) is 0 Å². The van der Waals surface area contributed by atoms with Gasteiger partial charge in [0.05, 0.1) is 6.10 Å². The van der Waals surface area contributed by atoms with Crippen molar-refractivity contribution in [3.63, 3.8) is 0 Å². The van der Waals surface area contributed by atoms with Crippen molar-refractivity contribution in [3.8, 4) is 0 Å². The monoisotopic (exact) mass is 350 g/mol. The highest BCUT2D eigenvalue weighted by molar-refractivity contribution is 5.66. The van der Waals surface area contributed by atoms with E-state index in [1.54, 1.807) is 0 Å². The molecule has 2 fully saturated rings. The van der Waals surface area contributed by atoms with Gasteiger partial charge in [-0.1, -0.05) is 46.3 Å². The molecule has 1 N–H and O–H groups in total. The number of carbonyl (C=O) groups is 1. The molecule has 0 bridgehead atoms. The molecule has 0 aromatic carbocycles. The highest BCUT2D eigenvalue weighted by Crippen LogP contribution is 2.61. The Kier molecular flexibility index (Phi) is 5.78. The molecule has 5 atom stereocenters. The summed E-state index contributed by atoms with van der Waals surface area (Å²) in [4.78, 5) is 11.5. The predicted octanol–water partition coefficient (Wildman–Crippen LogP) is 5.27. The van der Waals surface area contributed by atoms with Crippen LogP contribution in [-0.4, -0.2) is 22.8 Å². The van der Waals surface area contributed by atoms with Crippen molar-refractivity contribution in [3.05, 3.63) is 12.2 Å². The number of fused-ring (bicyclic) bond motifs is 1. The van der Waals surface area contributed by atoms with E-state index in [1.165, 1.54) is 25.3 Å². The van der Waals surface area contributed by atoms with Crippen molar-refractivity contribution < 1.29 is 14.6 Å². The quantitative estimate of drug-likeness (QED) is 0.543. The number of aliphatic hydroxyl groups excluding tert-OH is 1. The van der Waals surface area contributed by atoms with E-state index in [0.717, 1.165) is 25.7 Å². The second-order valence-electron chi connectivity index (χ2n) is 9.74. The summed E-state index contributed by atoms with van der Waals surface area (Å²) in [5.74, 6) is 0.498. The molecule has 3 nitrogen and oxygen atoms in total. The minimum absolute atomic E-state index is 0.0847. The van der Waals surface area contributed by atoms with Gasteiger partial charge in [0.1, 0.15) is 5.60 Å². The summed E-state index contributed by atoms with van der Waals surface area (Å²) >= 11 is 0. The SMILES string of the molecule is C=C1C[C@H](O)[C@H]2C(C)(C)CCC[C@]2(C)[C@H]1CC[C@@](C)(CC)OC(C)=O. The molecule has 0 amide bonds. The van der Waals surface area contributed by atoms with Gasteiger partial charge < -0.3 is 9.84 Å². The highest BCUT2D eigenvalue weighted by Gasteiger charge is 2.56. The lowest BCUT2D eigenvalue weighted by molar-refractivity contribution is -0.158. The molecule has 144 valence electrons. The lowest BCUT2D eigenvalue weighted by Crippen LogP contribution is -2.55. The van der Waals surface area contributed by atoms with Gasteiger partial charge in [0.2, 0.25) is 0 Å². The standard InChI is InChI=1S/C22H38O3/c1-8-21(6,25-16(3)23)13-10-17-15(2)14-18(24)19-20(4,5)11-9-12-22(17,19)7/h17-19,24H,2,8-14H2,1,3-7H3/t17-,18-,19-,21+,22+/m0/s1. The van der Waals surface area contributed by atoms with Gasteiger partial charge in [-0.25, -0.2) is 0 Å². The third-order valence-corrected chi connectivity index (χ3v) is 7.33. The Morgan fingerprint density at radius 3 is 2.56 bits per heavy atom. The Morgan fingerprint density at radius 2 is 2.00 bits per heavy atom. The predicted molar refractivity (Wildman–Crippen MR) is 102 cm³/mol. The molecular weight excluding hydrogens is 312 g/mol. The molecule has 0 radical (unpaired) electrons. The summed E-state index contributed by atoms with van der Waals surface area (Å²) in [5, 5.41) is 10.9. The second kappa shape index (κ2) is 7.06. The molecule has 0 saturated heterocycles. The lowest BCUT2D eigenvalue weighted by atomic mass is 9.46. The molecule has 2 aliphatic carbocycles. The molecule has 0 aliphatic heterocycles. The van der Waals surface area contributed by atoms with Crippen molar-refractivity contribution in [1.29, 1.82) is 0 Å². The van der Waals surface area contributed by atoms with Crippen molar-refractivity contribution in [2.24, 2.45) is 22.7 Å². The number of esters is 1. The maximum atomic E-state index is 11.5. The first-order valence-electron chi connectivity index (χ1n) is 10.0. The van der Waals surface area contributed by atoms with Crippen LogP contribution in [0.4, 0.5) is 0 Å². The Morgan fingerprint density at radius 1 is 1.36 bits per heavy atom. The van der Waals surface area contributed by atoms with Crippen LogP contribution in [0.25, 0.3) is 0 Å². The van der Waals surface area contributed by atoms with Gasteiger partial charge in [0.25, 0.3) is 0 Å². The molecule has 0 unspecified atom stereocenters. The Balaban J connectivity index is 2.24. The van der Waals surface area contributed by atoms with E-state index >= 15 is 0 Å². The fraction of sp³-hybridized carbons (Fsp3) is 0.864. The van der Waals surface area contributed by atoms with Crippen molar-refractivity contribution in [2.75, 3.05) is 0 Å². The van der Waals surface area contributed by atoms with E-state index in [0.29, 0.717) is 18.3 Å². The summed E-state index contributed by atoms with van der Waals surface area (Å²) in [5.41, 5.74) is 1.03. The summed E-state index contributed by atoms with van der Waals surface area (Å²) in [7, 11) is 0. The highest BCUT2D eigenvalue weighted by atomic mass is 16.6. The van der Waals surface area contributed by atoms with Crippen molar-refractivity contribution in [1.82, 2.24) is 0 Å². The number of hydrogen-bond acceptors (Lipinski definition) is 3. The van der Waals surface area contributed by atoms with E-state index in [1.807, 2.05) is 6.92 Å². The van der Waals surface area contributed by atoms with E-state index in [9.17, 15) is 9.90 Å². The fourth-order valence-corrected chi connectivity index (χ4v) is 6.11. The van der Waals surface area contributed by atoms with Gasteiger partial charge in [-0.3, -0.25) is 4.79 Å². The van der Waals surface area contributed by atoms with Gasteiger partial charge >= 0.3 is 5.97 Å². The zero-order chi connectivity index (χ0) is 19.0. The summed E-state index contributed by atoms with van der Waals surface area (Å²) < 4.78 is 5.63. The first kappa shape index (κ1) is 20.5. The smallest absolute Gasteiger partial charge is 0.303 e. The maximum absolute atomic E-state index is 11.5. The van der Waals surface area contributed by atoms with Crippen LogP contribution < -0.4 is 0 Å². The zero-order valence-corrected chi connectivity index (χ0v) is 17.2. The van der Waals surface area contributed by atoms with E-state index in [2.05, 4.69) is 34.3 Å². The molecule has 25 heavy (non-hydrogen) atoms. The molecular formula is C22H38O3. The maximum Gasteiger partial charge on any atom is 0.303 e. The minimum Gasteiger partial charge on any atom is -0.460 e. The Hall–Kier alpha value is -0.830. The first-order chi connectivity index (χ1) is 11.4. The lowest BCUT2D eigenvalue weighted by Gasteiger charge is -2.60. The summed E-state index contributed by atoms with van der Waals surface area (Å²) in [6, 6.07) is 0. The van der Waals surface area contributed by atoms with Gasteiger partial charge in [-0.05, 0) is 68.1 Å². The summed E-state index contributed by atoms with van der Waals surface area (Å²) in [6.07, 6.45) is 6.63. The van der Waals surface area contributed by atoms with E-state index < -0.39 is 5.60 Å². The molecule has 0 spiro atoms.